The van der Waals surface area contributed by atoms with E-state index in [0.29, 0.717) is 10.7 Å². The molecule has 3 heteroatoms. The molecule has 1 aromatic heterocycles. The molecular weight excluding hydrogens is 169 g/mol. The summed E-state index contributed by atoms with van der Waals surface area (Å²) in [5.41, 5.74) is 0.561. The van der Waals surface area contributed by atoms with Crippen LogP contribution < -0.4 is 0 Å². The normalized spacial score (nSPS) is 8.90. The van der Waals surface area contributed by atoms with Crippen LogP contribution in [0.15, 0.2) is 12.1 Å². The molecule has 0 radical (unpaired) electrons. The van der Waals surface area contributed by atoms with E-state index < -0.39 is 0 Å². The lowest BCUT2D eigenvalue weighted by atomic mass is 10.3. The molecule has 0 atom stereocenters. The third kappa shape index (κ3) is 1.41. The van der Waals surface area contributed by atoms with Crippen molar-refractivity contribution in [2.75, 3.05) is 0 Å². The van der Waals surface area contributed by atoms with Gasteiger partial charge in [0.1, 0.15) is 10.3 Å². The Bertz CT molecular complexity index is 288. The molecule has 0 bridgehead atoms. The van der Waals surface area contributed by atoms with Crippen molar-refractivity contribution in [3.8, 4) is 12.3 Å². The molecule has 50 valence electrons. The third-order valence-electron chi connectivity index (χ3n) is 0.970. The van der Waals surface area contributed by atoms with Crippen molar-refractivity contribution in [2.24, 2.45) is 0 Å². The summed E-state index contributed by atoms with van der Waals surface area (Å²) in [4.78, 5) is 3.73. The SMILES string of the molecule is C#Cc1ccc(Cl)nc1Cl. The molecule has 0 amide bonds. The predicted molar refractivity (Wildman–Crippen MR) is 42.2 cm³/mol. The van der Waals surface area contributed by atoms with Crippen molar-refractivity contribution in [1.29, 1.82) is 0 Å². The third-order valence-corrected chi connectivity index (χ3v) is 1.47. The average molecular weight is 172 g/mol. The predicted octanol–water partition coefficient (Wildman–Crippen LogP) is 2.37. The first kappa shape index (κ1) is 7.40. The summed E-state index contributed by atoms with van der Waals surface area (Å²) in [7, 11) is 0. The van der Waals surface area contributed by atoms with Crippen LogP contribution in [-0.4, -0.2) is 4.98 Å². The van der Waals surface area contributed by atoms with Crippen molar-refractivity contribution >= 4 is 23.2 Å². The minimum Gasteiger partial charge on any atom is -0.223 e. The number of hydrogen-bond acceptors (Lipinski definition) is 1. The quantitative estimate of drug-likeness (QED) is 0.432. The minimum absolute atomic E-state index is 0.273. The Morgan fingerprint density at radius 1 is 1.40 bits per heavy atom. The summed E-state index contributed by atoms with van der Waals surface area (Å²) in [5, 5.41) is 0.624. The molecule has 1 aromatic rings. The highest BCUT2D eigenvalue weighted by Crippen LogP contribution is 2.14. The zero-order valence-electron chi connectivity index (χ0n) is 4.94. The molecule has 0 aliphatic rings. The van der Waals surface area contributed by atoms with E-state index in [1.165, 1.54) is 0 Å². The fraction of sp³-hybridized carbons (Fsp3) is 0. The molecule has 0 aromatic carbocycles. The van der Waals surface area contributed by atoms with Crippen LogP contribution in [0.1, 0.15) is 5.56 Å². The van der Waals surface area contributed by atoms with Crippen molar-refractivity contribution in [3.63, 3.8) is 0 Å². The largest absolute Gasteiger partial charge is 0.223 e. The molecule has 0 saturated carbocycles. The Hall–Kier alpha value is -0.710. The van der Waals surface area contributed by atoms with Crippen molar-refractivity contribution < 1.29 is 0 Å². The van der Waals surface area contributed by atoms with Gasteiger partial charge in [0.05, 0.1) is 5.56 Å². The van der Waals surface area contributed by atoms with Crippen molar-refractivity contribution in [1.82, 2.24) is 4.98 Å². The van der Waals surface area contributed by atoms with Crippen LogP contribution in [0, 0.1) is 12.3 Å². The number of aromatic nitrogens is 1. The first-order valence-electron chi connectivity index (χ1n) is 2.52. The van der Waals surface area contributed by atoms with Gasteiger partial charge in [-0.25, -0.2) is 4.98 Å². The van der Waals surface area contributed by atoms with Gasteiger partial charge >= 0.3 is 0 Å². The highest BCUT2D eigenvalue weighted by atomic mass is 35.5. The molecule has 0 N–H and O–H groups in total. The fourth-order valence-corrected chi connectivity index (χ4v) is 0.919. The smallest absolute Gasteiger partial charge is 0.146 e. The van der Waals surface area contributed by atoms with Gasteiger partial charge < -0.3 is 0 Å². The van der Waals surface area contributed by atoms with Gasteiger partial charge in [-0.3, -0.25) is 0 Å². The van der Waals surface area contributed by atoms with Crippen LogP contribution in [0.5, 0.6) is 0 Å². The zero-order chi connectivity index (χ0) is 7.56. The Morgan fingerprint density at radius 3 is 2.60 bits per heavy atom. The van der Waals surface area contributed by atoms with Gasteiger partial charge in [-0.2, -0.15) is 0 Å². The lowest BCUT2D eigenvalue weighted by Gasteiger charge is -1.93. The van der Waals surface area contributed by atoms with E-state index in [1.54, 1.807) is 12.1 Å². The molecule has 1 nitrogen and oxygen atoms in total. The van der Waals surface area contributed by atoms with Crippen LogP contribution in [0.4, 0.5) is 0 Å². The second kappa shape index (κ2) is 2.92. The Balaban J connectivity index is 3.23. The Kier molecular flexibility index (Phi) is 2.16. The lowest BCUT2D eigenvalue weighted by molar-refractivity contribution is 1.31. The molecule has 0 fully saturated rings. The number of hydrogen-bond donors (Lipinski definition) is 0. The first-order valence-corrected chi connectivity index (χ1v) is 3.28. The monoisotopic (exact) mass is 171 g/mol. The highest BCUT2D eigenvalue weighted by Gasteiger charge is 1.97. The summed E-state index contributed by atoms with van der Waals surface area (Å²) in [6, 6.07) is 3.25. The van der Waals surface area contributed by atoms with E-state index >= 15 is 0 Å². The van der Waals surface area contributed by atoms with E-state index in [1.807, 2.05) is 0 Å². The Morgan fingerprint density at radius 2 is 2.10 bits per heavy atom. The van der Waals surface area contributed by atoms with Gasteiger partial charge in [0, 0.05) is 0 Å². The maximum atomic E-state index is 5.59. The van der Waals surface area contributed by atoms with E-state index in [-0.39, 0.29) is 5.15 Å². The number of pyridine rings is 1. The maximum absolute atomic E-state index is 5.59. The molecule has 1 rings (SSSR count). The molecule has 0 aliphatic carbocycles. The van der Waals surface area contributed by atoms with E-state index in [2.05, 4.69) is 10.9 Å². The number of rotatable bonds is 0. The van der Waals surface area contributed by atoms with Crippen molar-refractivity contribution in [3.05, 3.63) is 28.0 Å². The van der Waals surface area contributed by atoms with Gasteiger partial charge in [-0.1, -0.05) is 29.1 Å². The van der Waals surface area contributed by atoms with Crippen LogP contribution in [0.25, 0.3) is 0 Å². The molecular formula is C7H3Cl2N. The maximum Gasteiger partial charge on any atom is 0.146 e. The van der Waals surface area contributed by atoms with Crippen LogP contribution in [0.3, 0.4) is 0 Å². The highest BCUT2D eigenvalue weighted by molar-refractivity contribution is 6.33. The molecule has 0 saturated heterocycles. The first-order chi connectivity index (χ1) is 4.74. The van der Waals surface area contributed by atoms with Crippen LogP contribution in [0.2, 0.25) is 10.3 Å². The lowest BCUT2D eigenvalue weighted by Crippen LogP contribution is -1.81. The Labute approximate surface area is 69.0 Å². The van der Waals surface area contributed by atoms with Crippen LogP contribution >= 0.6 is 23.2 Å². The molecule has 1 heterocycles. The molecule has 0 unspecified atom stereocenters. The average Bonchev–Trinajstić information content (AvgIpc) is 1.88. The van der Waals surface area contributed by atoms with Gasteiger partial charge in [0.2, 0.25) is 0 Å². The second-order valence-corrected chi connectivity index (χ2v) is 2.36. The van der Waals surface area contributed by atoms with Gasteiger partial charge in [-0.15, -0.1) is 6.42 Å². The molecule has 10 heavy (non-hydrogen) atoms. The molecule has 0 spiro atoms. The summed E-state index contributed by atoms with van der Waals surface area (Å²) >= 11 is 11.1. The van der Waals surface area contributed by atoms with E-state index in [4.69, 9.17) is 29.6 Å². The summed E-state index contributed by atoms with van der Waals surface area (Å²) < 4.78 is 0. The van der Waals surface area contributed by atoms with Gasteiger partial charge in [0.15, 0.2) is 0 Å². The zero-order valence-corrected chi connectivity index (χ0v) is 6.45. The van der Waals surface area contributed by atoms with Crippen molar-refractivity contribution in [2.45, 2.75) is 0 Å². The fourth-order valence-electron chi connectivity index (χ4n) is 0.520. The number of nitrogens with zero attached hydrogens (tertiary/aromatic N) is 1. The summed E-state index contributed by atoms with van der Waals surface area (Å²) in [6.07, 6.45) is 5.08. The van der Waals surface area contributed by atoms with E-state index in [9.17, 15) is 0 Å². The summed E-state index contributed by atoms with van der Waals surface area (Å²) in [5.74, 6) is 2.37. The topological polar surface area (TPSA) is 12.9 Å². The van der Waals surface area contributed by atoms with E-state index in [0.717, 1.165) is 0 Å². The molecule has 0 aliphatic heterocycles. The number of terminal acetylenes is 1. The van der Waals surface area contributed by atoms with Crippen LogP contribution in [-0.2, 0) is 0 Å². The van der Waals surface area contributed by atoms with Gasteiger partial charge in [0.25, 0.3) is 0 Å². The second-order valence-electron chi connectivity index (χ2n) is 1.62. The minimum atomic E-state index is 0.273. The summed E-state index contributed by atoms with van der Waals surface area (Å²) in [6.45, 7) is 0. The van der Waals surface area contributed by atoms with Gasteiger partial charge in [-0.05, 0) is 12.1 Å². The standard InChI is InChI=1S/C7H3Cl2N/c1-2-5-3-4-6(8)10-7(5)9/h1,3-4H. The number of halogens is 2.